The molecule has 5 heteroatoms. The predicted molar refractivity (Wildman–Crippen MR) is 71.6 cm³/mol. The summed E-state index contributed by atoms with van der Waals surface area (Å²) in [6, 6.07) is 8.31. The number of anilines is 1. The molecular weight excluding hydrogens is 244 g/mol. The van der Waals surface area contributed by atoms with Crippen molar-refractivity contribution in [1.82, 2.24) is 4.98 Å². The number of pyridine rings is 1. The van der Waals surface area contributed by atoms with Crippen molar-refractivity contribution in [3.63, 3.8) is 0 Å². The van der Waals surface area contributed by atoms with Gasteiger partial charge in [0.2, 0.25) is 0 Å². The Balaban J connectivity index is 2.25. The van der Waals surface area contributed by atoms with Crippen LogP contribution in [0.25, 0.3) is 0 Å². The van der Waals surface area contributed by atoms with Crippen LogP contribution < -0.4 is 10.1 Å². The van der Waals surface area contributed by atoms with Crippen LogP contribution in [0.4, 0.5) is 5.82 Å². The first-order valence-electron chi connectivity index (χ1n) is 5.72. The van der Waals surface area contributed by atoms with Gasteiger partial charge in [0.05, 0.1) is 12.7 Å². The highest BCUT2D eigenvalue weighted by Crippen LogP contribution is 2.29. The monoisotopic (exact) mass is 258 g/mol. The molecule has 0 saturated heterocycles. The summed E-state index contributed by atoms with van der Waals surface area (Å²) in [5.74, 6) is 0.0710. The van der Waals surface area contributed by atoms with E-state index in [1.165, 1.54) is 13.2 Å². The van der Waals surface area contributed by atoms with Crippen LogP contribution in [0.5, 0.6) is 11.5 Å². The zero-order chi connectivity index (χ0) is 13.8. The molecule has 2 aromatic rings. The van der Waals surface area contributed by atoms with Crippen molar-refractivity contribution >= 4 is 11.7 Å². The predicted octanol–water partition coefficient (Wildman–Crippen LogP) is 2.36. The van der Waals surface area contributed by atoms with Crippen molar-refractivity contribution in [2.45, 2.75) is 6.92 Å². The Bertz CT molecular complexity index is 611. The molecule has 0 spiro atoms. The molecule has 2 rings (SSSR count). The second-order valence-corrected chi connectivity index (χ2v) is 4.03. The number of hydrogen-bond acceptors (Lipinski definition) is 4. The van der Waals surface area contributed by atoms with Gasteiger partial charge < -0.3 is 15.2 Å². The number of rotatable bonds is 3. The van der Waals surface area contributed by atoms with Crippen molar-refractivity contribution in [2.75, 3.05) is 12.4 Å². The second-order valence-electron chi connectivity index (χ2n) is 4.03. The Morgan fingerprint density at radius 2 is 2.16 bits per heavy atom. The van der Waals surface area contributed by atoms with Gasteiger partial charge in [-0.15, -0.1) is 0 Å². The Labute approximate surface area is 110 Å². The Morgan fingerprint density at radius 1 is 1.37 bits per heavy atom. The highest BCUT2D eigenvalue weighted by Gasteiger charge is 2.15. The van der Waals surface area contributed by atoms with Crippen LogP contribution in [0.2, 0.25) is 0 Å². The van der Waals surface area contributed by atoms with E-state index in [4.69, 9.17) is 4.74 Å². The number of phenols is 1. The lowest BCUT2D eigenvalue weighted by Gasteiger charge is -2.09. The molecule has 0 fully saturated rings. The van der Waals surface area contributed by atoms with E-state index in [-0.39, 0.29) is 17.1 Å². The number of aromatic hydroxyl groups is 1. The molecule has 0 unspecified atom stereocenters. The molecule has 0 radical (unpaired) electrons. The third-order valence-corrected chi connectivity index (χ3v) is 2.62. The van der Waals surface area contributed by atoms with Gasteiger partial charge in [-0.2, -0.15) is 0 Å². The summed E-state index contributed by atoms with van der Waals surface area (Å²) in [4.78, 5) is 16.1. The number of amides is 1. The van der Waals surface area contributed by atoms with Crippen LogP contribution >= 0.6 is 0 Å². The third kappa shape index (κ3) is 2.82. The van der Waals surface area contributed by atoms with E-state index in [1.54, 1.807) is 24.4 Å². The number of para-hydroxylation sites is 1. The number of methoxy groups -OCH3 is 1. The number of carbonyl (C=O) groups is 1. The van der Waals surface area contributed by atoms with Gasteiger partial charge >= 0.3 is 0 Å². The summed E-state index contributed by atoms with van der Waals surface area (Å²) in [5, 5.41) is 12.5. The van der Waals surface area contributed by atoms with Crippen molar-refractivity contribution < 1.29 is 14.6 Å². The van der Waals surface area contributed by atoms with E-state index in [2.05, 4.69) is 10.3 Å². The molecule has 5 nitrogen and oxygen atoms in total. The lowest BCUT2D eigenvalue weighted by molar-refractivity contribution is 0.102. The second kappa shape index (κ2) is 5.39. The van der Waals surface area contributed by atoms with Gasteiger partial charge in [0.15, 0.2) is 11.5 Å². The minimum absolute atomic E-state index is 0.141. The van der Waals surface area contributed by atoms with Gasteiger partial charge in [-0.25, -0.2) is 4.98 Å². The van der Waals surface area contributed by atoms with Gasteiger partial charge in [0, 0.05) is 6.20 Å². The van der Waals surface area contributed by atoms with Crippen molar-refractivity contribution in [2.24, 2.45) is 0 Å². The topological polar surface area (TPSA) is 71.5 Å². The molecule has 1 aromatic carbocycles. The molecule has 0 aliphatic heterocycles. The van der Waals surface area contributed by atoms with E-state index in [1.807, 2.05) is 13.0 Å². The number of carbonyl (C=O) groups excluding carboxylic acids is 1. The lowest BCUT2D eigenvalue weighted by Crippen LogP contribution is -2.13. The summed E-state index contributed by atoms with van der Waals surface area (Å²) >= 11 is 0. The molecule has 0 atom stereocenters. The largest absolute Gasteiger partial charge is 0.504 e. The average molecular weight is 258 g/mol. The number of ether oxygens (including phenoxy) is 1. The fourth-order valence-corrected chi connectivity index (χ4v) is 1.66. The quantitative estimate of drug-likeness (QED) is 0.886. The van der Waals surface area contributed by atoms with Crippen LogP contribution in [0.15, 0.2) is 36.5 Å². The minimum Gasteiger partial charge on any atom is -0.504 e. The van der Waals surface area contributed by atoms with Crippen LogP contribution in [0.1, 0.15) is 15.9 Å². The summed E-state index contributed by atoms with van der Waals surface area (Å²) in [7, 11) is 1.43. The Morgan fingerprint density at radius 3 is 2.84 bits per heavy atom. The molecule has 1 heterocycles. The zero-order valence-corrected chi connectivity index (χ0v) is 10.7. The summed E-state index contributed by atoms with van der Waals surface area (Å²) < 4.78 is 4.96. The Hall–Kier alpha value is -2.56. The fraction of sp³-hybridized carbons (Fsp3) is 0.143. The summed E-state index contributed by atoms with van der Waals surface area (Å²) in [6.45, 7) is 1.90. The van der Waals surface area contributed by atoms with E-state index in [0.29, 0.717) is 5.82 Å². The lowest BCUT2D eigenvalue weighted by atomic mass is 10.1. The Kier molecular flexibility index (Phi) is 3.66. The van der Waals surface area contributed by atoms with Crippen LogP contribution in [-0.2, 0) is 0 Å². The number of phenolic OH excluding ortho intramolecular Hbond substituents is 1. The molecule has 98 valence electrons. The van der Waals surface area contributed by atoms with Gasteiger partial charge in [0.25, 0.3) is 5.91 Å². The van der Waals surface area contributed by atoms with Crippen molar-refractivity contribution in [3.8, 4) is 11.5 Å². The van der Waals surface area contributed by atoms with E-state index in [0.717, 1.165) is 5.56 Å². The van der Waals surface area contributed by atoms with E-state index < -0.39 is 5.91 Å². The number of aromatic nitrogens is 1. The zero-order valence-electron chi connectivity index (χ0n) is 10.7. The molecular formula is C14H14N2O3. The van der Waals surface area contributed by atoms with Gasteiger partial charge in [-0.1, -0.05) is 6.07 Å². The van der Waals surface area contributed by atoms with Crippen LogP contribution in [0, 0.1) is 6.92 Å². The molecule has 0 aliphatic carbocycles. The smallest absolute Gasteiger partial charge is 0.260 e. The van der Waals surface area contributed by atoms with Gasteiger partial charge in [-0.05, 0) is 36.8 Å². The number of benzene rings is 1. The molecule has 1 amide bonds. The van der Waals surface area contributed by atoms with Crippen molar-refractivity contribution in [1.29, 1.82) is 0 Å². The normalized spacial score (nSPS) is 10.0. The number of nitrogens with one attached hydrogen (secondary N) is 1. The highest BCUT2D eigenvalue weighted by molar-refractivity contribution is 6.06. The molecule has 0 saturated carbocycles. The SMILES string of the molecule is COc1cccc(C(=O)Nc2cc(C)ccn2)c1O. The minimum atomic E-state index is -0.436. The van der Waals surface area contributed by atoms with Gasteiger partial charge in [-0.3, -0.25) is 4.79 Å². The first kappa shape index (κ1) is 12.9. The fourth-order valence-electron chi connectivity index (χ4n) is 1.66. The van der Waals surface area contributed by atoms with Gasteiger partial charge in [0.1, 0.15) is 5.82 Å². The highest BCUT2D eigenvalue weighted by atomic mass is 16.5. The first-order valence-corrected chi connectivity index (χ1v) is 5.72. The van der Waals surface area contributed by atoms with Crippen LogP contribution in [0.3, 0.4) is 0 Å². The molecule has 0 bridgehead atoms. The summed E-state index contributed by atoms with van der Waals surface area (Å²) in [5.41, 5.74) is 1.13. The number of aryl methyl sites for hydroxylation is 1. The maximum Gasteiger partial charge on any atom is 0.260 e. The average Bonchev–Trinajstić information content (AvgIpc) is 2.39. The maximum absolute atomic E-state index is 12.0. The van der Waals surface area contributed by atoms with E-state index >= 15 is 0 Å². The number of hydrogen-bond donors (Lipinski definition) is 2. The standard InChI is InChI=1S/C14H14N2O3/c1-9-6-7-15-12(8-9)16-14(18)10-4-3-5-11(19-2)13(10)17/h3-8,17H,1-2H3,(H,15,16,18). The summed E-state index contributed by atoms with van der Waals surface area (Å²) in [6.07, 6.45) is 1.61. The molecule has 2 N–H and O–H groups in total. The molecule has 19 heavy (non-hydrogen) atoms. The van der Waals surface area contributed by atoms with Crippen LogP contribution in [-0.4, -0.2) is 23.1 Å². The maximum atomic E-state index is 12.0. The van der Waals surface area contributed by atoms with Crippen molar-refractivity contribution in [3.05, 3.63) is 47.7 Å². The molecule has 0 aliphatic rings. The molecule has 1 aromatic heterocycles. The third-order valence-electron chi connectivity index (χ3n) is 2.62. The number of nitrogens with zero attached hydrogens (tertiary/aromatic N) is 1. The first-order chi connectivity index (χ1) is 9.11. The van der Waals surface area contributed by atoms with E-state index in [9.17, 15) is 9.90 Å².